The second kappa shape index (κ2) is 5.47. The minimum atomic E-state index is 0.00575. The van der Waals surface area contributed by atoms with E-state index in [-0.39, 0.29) is 5.91 Å². The Morgan fingerprint density at radius 3 is 2.79 bits per heavy atom. The fourth-order valence-corrected chi connectivity index (χ4v) is 3.31. The maximum atomic E-state index is 11.7. The van der Waals surface area contributed by atoms with Crippen LogP contribution >= 0.6 is 0 Å². The number of hydrazine groups is 1. The van der Waals surface area contributed by atoms with E-state index < -0.39 is 0 Å². The van der Waals surface area contributed by atoms with Gasteiger partial charge in [-0.25, -0.2) is 0 Å². The molecule has 3 heteroatoms. The molecule has 0 aliphatic heterocycles. The van der Waals surface area contributed by atoms with Crippen molar-refractivity contribution in [2.24, 2.45) is 11.8 Å². The molecule has 100 valence electrons. The van der Waals surface area contributed by atoms with Gasteiger partial charge in [-0.05, 0) is 48.7 Å². The average molecular weight is 256 g/mol. The zero-order valence-electron chi connectivity index (χ0n) is 11.1. The van der Waals surface area contributed by atoms with E-state index >= 15 is 0 Å². The molecule has 2 atom stereocenters. The SMILES string of the molecule is O=C(Cc1ccccc1)NN/C=C1/C[C@@H]2CC[C@@H]1C2. The smallest absolute Gasteiger partial charge is 0.242 e. The molecule has 0 unspecified atom stereocenters. The number of rotatable bonds is 4. The van der Waals surface area contributed by atoms with E-state index in [0.717, 1.165) is 17.4 Å². The quantitative estimate of drug-likeness (QED) is 0.813. The van der Waals surface area contributed by atoms with Crippen LogP contribution in [0.2, 0.25) is 0 Å². The fraction of sp³-hybridized carbons (Fsp3) is 0.438. The molecule has 0 aromatic heterocycles. The molecule has 2 aliphatic carbocycles. The van der Waals surface area contributed by atoms with Crippen LogP contribution in [0.5, 0.6) is 0 Å². The van der Waals surface area contributed by atoms with E-state index in [9.17, 15) is 4.79 Å². The van der Waals surface area contributed by atoms with Crippen LogP contribution in [0.3, 0.4) is 0 Å². The molecule has 3 nitrogen and oxygen atoms in total. The molecular formula is C16H20N2O. The topological polar surface area (TPSA) is 41.1 Å². The van der Waals surface area contributed by atoms with Crippen molar-refractivity contribution in [1.29, 1.82) is 0 Å². The van der Waals surface area contributed by atoms with Crippen LogP contribution in [0.4, 0.5) is 0 Å². The van der Waals surface area contributed by atoms with Crippen LogP contribution in [0.25, 0.3) is 0 Å². The van der Waals surface area contributed by atoms with Crippen molar-refractivity contribution in [3.63, 3.8) is 0 Å². The number of nitrogens with one attached hydrogen (secondary N) is 2. The van der Waals surface area contributed by atoms with Gasteiger partial charge in [-0.2, -0.15) is 0 Å². The van der Waals surface area contributed by atoms with Crippen LogP contribution in [-0.2, 0) is 11.2 Å². The van der Waals surface area contributed by atoms with E-state index in [4.69, 9.17) is 0 Å². The summed E-state index contributed by atoms with van der Waals surface area (Å²) >= 11 is 0. The van der Waals surface area contributed by atoms with E-state index in [2.05, 4.69) is 10.9 Å². The van der Waals surface area contributed by atoms with Crippen LogP contribution in [0.1, 0.15) is 31.2 Å². The first kappa shape index (κ1) is 12.3. The zero-order chi connectivity index (χ0) is 13.1. The second-order valence-electron chi connectivity index (χ2n) is 5.65. The number of carbonyl (C=O) groups excluding carboxylic acids is 1. The van der Waals surface area contributed by atoms with Crippen molar-refractivity contribution in [3.8, 4) is 0 Å². The van der Waals surface area contributed by atoms with Crippen LogP contribution in [-0.4, -0.2) is 5.91 Å². The number of hydrogen-bond acceptors (Lipinski definition) is 2. The van der Waals surface area contributed by atoms with Gasteiger partial charge in [-0.15, -0.1) is 0 Å². The van der Waals surface area contributed by atoms with Crippen LogP contribution in [0, 0.1) is 11.8 Å². The third kappa shape index (κ3) is 2.98. The molecule has 2 fully saturated rings. The Hall–Kier alpha value is -1.77. The van der Waals surface area contributed by atoms with Gasteiger partial charge in [0.1, 0.15) is 0 Å². The Balaban J connectivity index is 1.45. The largest absolute Gasteiger partial charge is 0.306 e. The summed E-state index contributed by atoms with van der Waals surface area (Å²) in [7, 11) is 0. The zero-order valence-corrected chi connectivity index (χ0v) is 11.1. The number of amides is 1. The van der Waals surface area contributed by atoms with Gasteiger partial charge in [0.2, 0.25) is 5.91 Å². The Bertz CT molecular complexity index is 481. The van der Waals surface area contributed by atoms with E-state index in [1.54, 1.807) is 0 Å². The average Bonchev–Trinajstić information content (AvgIpc) is 3.02. The standard InChI is InChI=1S/C16H20N2O/c19-16(10-12-4-2-1-3-5-12)18-17-11-15-9-13-6-7-14(15)8-13/h1-5,11,13-14,17H,6-10H2,(H,18,19)/b15-11-/t13-,14-/m1/s1. The Kier molecular flexibility index (Phi) is 3.53. The van der Waals surface area contributed by atoms with Crippen LogP contribution in [0.15, 0.2) is 42.1 Å². The monoisotopic (exact) mass is 256 g/mol. The van der Waals surface area contributed by atoms with E-state index in [1.165, 1.54) is 31.3 Å². The van der Waals surface area contributed by atoms with Crippen molar-refractivity contribution < 1.29 is 4.79 Å². The van der Waals surface area contributed by atoms with Crippen molar-refractivity contribution in [1.82, 2.24) is 10.9 Å². The van der Waals surface area contributed by atoms with Gasteiger partial charge >= 0.3 is 0 Å². The molecule has 2 N–H and O–H groups in total. The lowest BCUT2D eigenvalue weighted by Gasteiger charge is -2.13. The molecule has 2 aliphatic rings. The highest BCUT2D eigenvalue weighted by Crippen LogP contribution is 2.47. The Morgan fingerprint density at radius 1 is 1.26 bits per heavy atom. The normalized spacial score (nSPS) is 26.6. The predicted octanol–water partition coefficient (Wildman–Crippen LogP) is 2.55. The molecule has 2 bridgehead atoms. The van der Waals surface area contributed by atoms with Gasteiger partial charge in [-0.3, -0.25) is 10.2 Å². The van der Waals surface area contributed by atoms with Crippen molar-refractivity contribution in [2.45, 2.75) is 32.1 Å². The highest BCUT2D eigenvalue weighted by Gasteiger charge is 2.35. The van der Waals surface area contributed by atoms with Crippen molar-refractivity contribution in [3.05, 3.63) is 47.7 Å². The Morgan fingerprint density at radius 2 is 2.11 bits per heavy atom. The van der Waals surface area contributed by atoms with Gasteiger partial charge in [0.15, 0.2) is 0 Å². The number of fused-ring (bicyclic) bond motifs is 2. The second-order valence-corrected chi connectivity index (χ2v) is 5.65. The highest BCUT2D eigenvalue weighted by atomic mass is 16.2. The number of hydrogen-bond donors (Lipinski definition) is 2. The summed E-state index contributed by atoms with van der Waals surface area (Å²) in [6, 6.07) is 9.79. The third-order valence-electron chi connectivity index (χ3n) is 4.27. The molecule has 0 heterocycles. The summed E-state index contributed by atoms with van der Waals surface area (Å²) in [5.41, 5.74) is 8.24. The summed E-state index contributed by atoms with van der Waals surface area (Å²) in [4.78, 5) is 11.7. The van der Waals surface area contributed by atoms with Crippen molar-refractivity contribution in [2.75, 3.05) is 0 Å². The summed E-state index contributed by atoms with van der Waals surface area (Å²) in [6.45, 7) is 0. The first-order chi connectivity index (χ1) is 9.31. The van der Waals surface area contributed by atoms with Gasteiger partial charge in [0.25, 0.3) is 0 Å². The first-order valence-corrected chi connectivity index (χ1v) is 7.08. The lowest BCUT2D eigenvalue weighted by Crippen LogP contribution is -2.35. The van der Waals surface area contributed by atoms with Gasteiger partial charge in [-0.1, -0.05) is 30.3 Å². The minimum Gasteiger partial charge on any atom is -0.306 e. The molecule has 0 spiro atoms. The summed E-state index contributed by atoms with van der Waals surface area (Å²) < 4.78 is 0. The summed E-state index contributed by atoms with van der Waals surface area (Å²) in [5, 5.41) is 0. The minimum absolute atomic E-state index is 0.00575. The maximum Gasteiger partial charge on any atom is 0.242 e. The number of allylic oxidation sites excluding steroid dienone is 1. The van der Waals surface area contributed by atoms with E-state index in [1.807, 2.05) is 36.5 Å². The molecular weight excluding hydrogens is 236 g/mol. The lowest BCUT2D eigenvalue weighted by atomic mass is 9.96. The number of benzene rings is 1. The molecule has 1 aromatic rings. The highest BCUT2D eigenvalue weighted by molar-refractivity contribution is 5.78. The molecule has 3 rings (SSSR count). The molecule has 19 heavy (non-hydrogen) atoms. The van der Waals surface area contributed by atoms with Gasteiger partial charge in [0.05, 0.1) is 6.42 Å². The van der Waals surface area contributed by atoms with Gasteiger partial charge in [0, 0.05) is 6.20 Å². The van der Waals surface area contributed by atoms with Crippen LogP contribution < -0.4 is 10.9 Å². The number of carbonyl (C=O) groups is 1. The Labute approximate surface area is 114 Å². The molecule has 0 saturated heterocycles. The van der Waals surface area contributed by atoms with E-state index in [0.29, 0.717) is 6.42 Å². The summed E-state index contributed by atoms with van der Waals surface area (Å²) in [6.07, 6.45) is 7.71. The predicted molar refractivity (Wildman–Crippen MR) is 75.0 cm³/mol. The molecule has 1 amide bonds. The fourth-order valence-electron chi connectivity index (χ4n) is 3.31. The van der Waals surface area contributed by atoms with Crippen molar-refractivity contribution >= 4 is 5.91 Å². The lowest BCUT2D eigenvalue weighted by molar-refractivity contribution is -0.121. The first-order valence-electron chi connectivity index (χ1n) is 7.08. The third-order valence-corrected chi connectivity index (χ3v) is 4.27. The molecule has 2 saturated carbocycles. The van der Waals surface area contributed by atoms with Gasteiger partial charge < -0.3 is 5.43 Å². The molecule has 0 radical (unpaired) electrons. The maximum absolute atomic E-state index is 11.7. The molecule has 1 aromatic carbocycles. The summed E-state index contributed by atoms with van der Waals surface area (Å²) in [5.74, 6) is 1.67.